The van der Waals surface area contributed by atoms with Gasteiger partial charge in [-0.1, -0.05) is 44.2 Å². The van der Waals surface area contributed by atoms with E-state index in [2.05, 4.69) is 5.32 Å². The van der Waals surface area contributed by atoms with Gasteiger partial charge in [0.05, 0.1) is 4.90 Å². The van der Waals surface area contributed by atoms with E-state index in [1.165, 1.54) is 4.31 Å². The van der Waals surface area contributed by atoms with Gasteiger partial charge in [-0.3, -0.25) is 4.79 Å². The van der Waals surface area contributed by atoms with Crippen LogP contribution in [0, 0.1) is 0 Å². The maximum absolute atomic E-state index is 12.8. The van der Waals surface area contributed by atoms with Gasteiger partial charge in [0, 0.05) is 24.4 Å². The molecule has 0 unspecified atom stereocenters. The summed E-state index contributed by atoms with van der Waals surface area (Å²) in [5.74, 6) is -0.224. The van der Waals surface area contributed by atoms with Crippen molar-refractivity contribution < 1.29 is 13.2 Å². The number of anilines is 1. The van der Waals surface area contributed by atoms with E-state index in [1.54, 1.807) is 31.2 Å². The minimum atomic E-state index is -3.52. The Morgan fingerprint density at radius 1 is 0.964 bits per heavy atom. The van der Waals surface area contributed by atoms with Crippen LogP contribution in [0.2, 0.25) is 0 Å². The highest BCUT2D eigenvalue weighted by atomic mass is 32.2. The second kappa shape index (κ2) is 10.2. The number of benzene rings is 2. The third kappa shape index (κ3) is 5.78. The normalized spacial score (nSPS) is 12.2. The van der Waals surface area contributed by atoms with Gasteiger partial charge in [0.15, 0.2) is 0 Å². The van der Waals surface area contributed by atoms with Crippen LogP contribution in [0.25, 0.3) is 6.08 Å². The molecule has 0 aromatic heterocycles. The molecule has 0 heterocycles. The fraction of sp³-hybridized carbons (Fsp3) is 0.318. The number of amides is 1. The van der Waals surface area contributed by atoms with Crippen LogP contribution in [0.3, 0.4) is 0 Å². The van der Waals surface area contributed by atoms with Gasteiger partial charge in [0.25, 0.3) is 5.91 Å². The summed E-state index contributed by atoms with van der Waals surface area (Å²) >= 11 is 0. The minimum absolute atomic E-state index is 0.224. The molecule has 0 radical (unpaired) electrons. The molecule has 5 nitrogen and oxygen atoms in total. The monoisotopic (exact) mass is 400 g/mol. The average molecular weight is 401 g/mol. The van der Waals surface area contributed by atoms with Gasteiger partial charge in [0.1, 0.15) is 0 Å². The van der Waals surface area contributed by atoms with Gasteiger partial charge in [-0.2, -0.15) is 4.31 Å². The molecule has 0 atom stereocenters. The molecule has 0 aliphatic heterocycles. The number of hydrogen-bond donors (Lipinski definition) is 1. The Labute approximate surface area is 168 Å². The zero-order valence-electron chi connectivity index (χ0n) is 16.7. The molecule has 0 bridgehead atoms. The summed E-state index contributed by atoms with van der Waals surface area (Å²) < 4.78 is 27.1. The quantitative estimate of drug-likeness (QED) is 0.629. The van der Waals surface area contributed by atoms with Gasteiger partial charge in [-0.05, 0) is 55.7 Å². The van der Waals surface area contributed by atoms with Crippen molar-refractivity contribution in [2.45, 2.75) is 38.5 Å². The first-order valence-electron chi connectivity index (χ1n) is 9.53. The van der Waals surface area contributed by atoms with Gasteiger partial charge in [-0.25, -0.2) is 8.42 Å². The van der Waals surface area contributed by atoms with Crippen LogP contribution < -0.4 is 5.32 Å². The molecule has 1 N–H and O–H groups in total. The van der Waals surface area contributed by atoms with Crippen LogP contribution in [-0.4, -0.2) is 31.7 Å². The maximum atomic E-state index is 12.8. The zero-order valence-corrected chi connectivity index (χ0v) is 17.5. The Morgan fingerprint density at radius 3 is 2.07 bits per heavy atom. The van der Waals surface area contributed by atoms with E-state index in [-0.39, 0.29) is 10.8 Å². The Kier molecular flexibility index (Phi) is 7.96. The number of nitrogens with one attached hydrogen (secondary N) is 1. The minimum Gasteiger partial charge on any atom is -0.322 e. The lowest BCUT2D eigenvalue weighted by Gasteiger charge is -2.21. The number of nitrogens with zero attached hydrogens (tertiary/aromatic N) is 1. The fourth-order valence-corrected chi connectivity index (χ4v) is 4.43. The molecule has 0 saturated carbocycles. The topological polar surface area (TPSA) is 66.5 Å². The third-order valence-electron chi connectivity index (χ3n) is 4.24. The van der Waals surface area contributed by atoms with Gasteiger partial charge in [-0.15, -0.1) is 0 Å². The molecule has 6 heteroatoms. The Bertz CT molecular complexity index is 899. The van der Waals surface area contributed by atoms with E-state index in [0.29, 0.717) is 24.4 Å². The van der Waals surface area contributed by atoms with Crippen LogP contribution >= 0.6 is 0 Å². The highest BCUT2D eigenvalue weighted by Crippen LogP contribution is 2.20. The summed E-state index contributed by atoms with van der Waals surface area (Å²) in [6, 6.07) is 15.9. The second-order valence-corrected chi connectivity index (χ2v) is 8.56. The fourth-order valence-electron chi connectivity index (χ4n) is 2.80. The molecule has 2 aromatic carbocycles. The summed E-state index contributed by atoms with van der Waals surface area (Å²) in [7, 11) is -3.52. The first-order valence-corrected chi connectivity index (χ1v) is 11.0. The molecule has 28 heavy (non-hydrogen) atoms. The molecule has 0 spiro atoms. The molecule has 2 rings (SSSR count). The molecular formula is C22H28N2O3S. The lowest BCUT2D eigenvalue weighted by molar-refractivity contribution is -0.112. The zero-order chi connectivity index (χ0) is 20.6. The predicted molar refractivity (Wildman–Crippen MR) is 115 cm³/mol. The van der Waals surface area contributed by atoms with Gasteiger partial charge >= 0.3 is 0 Å². The molecule has 0 saturated heterocycles. The smallest absolute Gasteiger partial charge is 0.251 e. The first kappa shape index (κ1) is 21.9. The van der Waals surface area contributed by atoms with E-state index in [9.17, 15) is 13.2 Å². The summed E-state index contributed by atoms with van der Waals surface area (Å²) in [6.45, 7) is 6.66. The van der Waals surface area contributed by atoms with Crippen molar-refractivity contribution in [3.8, 4) is 0 Å². The highest BCUT2D eigenvalue weighted by Gasteiger charge is 2.22. The summed E-state index contributed by atoms with van der Waals surface area (Å²) in [4.78, 5) is 12.6. The van der Waals surface area contributed by atoms with Crippen LogP contribution in [0.4, 0.5) is 5.69 Å². The van der Waals surface area contributed by atoms with E-state index in [0.717, 1.165) is 18.4 Å². The van der Waals surface area contributed by atoms with Gasteiger partial charge < -0.3 is 5.32 Å². The predicted octanol–water partition coefficient (Wildman–Crippen LogP) is 4.54. The summed E-state index contributed by atoms with van der Waals surface area (Å²) in [5, 5.41) is 2.80. The number of rotatable bonds is 9. The van der Waals surface area contributed by atoms with Crippen LogP contribution in [-0.2, 0) is 14.8 Å². The van der Waals surface area contributed by atoms with Crippen molar-refractivity contribution in [3.63, 3.8) is 0 Å². The van der Waals surface area contributed by atoms with Crippen molar-refractivity contribution in [2.24, 2.45) is 0 Å². The SMILES string of the molecule is CCCN(CCC)S(=O)(=O)c1ccc(NC(=O)C(C)=Cc2ccccc2)cc1. The maximum Gasteiger partial charge on any atom is 0.251 e. The first-order chi connectivity index (χ1) is 13.4. The van der Waals surface area contributed by atoms with E-state index in [4.69, 9.17) is 0 Å². The molecule has 1 amide bonds. The van der Waals surface area contributed by atoms with E-state index < -0.39 is 10.0 Å². The van der Waals surface area contributed by atoms with Crippen molar-refractivity contribution >= 4 is 27.7 Å². The lowest BCUT2D eigenvalue weighted by atomic mass is 10.1. The molecule has 150 valence electrons. The second-order valence-electron chi connectivity index (χ2n) is 6.62. The number of carbonyl (C=O) groups excluding carboxylic acids is 1. The van der Waals surface area contributed by atoms with Crippen molar-refractivity contribution in [3.05, 3.63) is 65.7 Å². The standard InChI is InChI=1S/C22H28N2O3S/c1-4-15-24(16-5-2)28(26,27)21-13-11-20(12-14-21)23-22(25)18(3)17-19-9-7-6-8-10-19/h6-14,17H,4-5,15-16H2,1-3H3,(H,23,25). The Morgan fingerprint density at radius 2 is 1.54 bits per heavy atom. The highest BCUT2D eigenvalue weighted by molar-refractivity contribution is 7.89. The largest absolute Gasteiger partial charge is 0.322 e. The number of hydrogen-bond acceptors (Lipinski definition) is 3. The molecule has 2 aromatic rings. The Hall–Kier alpha value is -2.44. The van der Waals surface area contributed by atoms with E-state index >= 15 is 0 Å². The molecule has 0 fully saturated rings. The van der Waals surface area contributed by atoms with Crippen LogP contribution in [0.5, 0.6) is 0 Å². The molecular weight excluding hydrogens is 372 g/mol. The molecule has 0 aliphatic carbocycles. The van der Waals surface area contributed by atoms with E-state index in [1.807, 2.05) is 50.3 Å². The number of sulfonamides is 1. The average Bonchev–Trinajstić information content (AvgIpc) is 2.69. The van der Waals surface area contributed by atoms with Crippen LogP contribution in [0.15, 0.2) is 65.1 Å². The van der Waals surface area contributed by atoms with Gasteiger partial charge in [0.2, 0.25) is 10.0 Å². The van der Waals surface area contributed by atoms with Crippen LogP contribution in [0.1, 0.15) is 39.2 Å². The summed E-state index contributed by atoms with van der Waals surface area (Å²) in [5.41, 5.74) is 2.07. The lowest BCUT2D eigenvalue weighted by Crippen LogP contribution is -2.32. The number of carbonyl (C=O) groups is 1. The molecule has 0 aliphatic rings. The van der Waals surface area contributed by atoms with Crippen molar-refractivity contribution in [1.82, 2.24) is 4.31 Å². The van der Waals surface area contributed by atoms with Crippen molar-refractivity contribution in [1.29, 1.82) is 0 Å². The third-order valence-corrected chi connectivity index (χ3v) is 6.15. The Balaban J connectivity index is 2.11. The van der Waals surface area contributed by atoms with Crippen molar-refractivity contribution in [2.75, 3.05) is 18.4 Å². The summed E-state index contributed by atoms with van der Waals surface area (Å²) in [6.07, 6.45) is 3.34.